The van der Waals surface area contributed by atoms with Gasteiger partial charge in [0.25, 0.3) is 11.6 Å². The van der Waals surface area contributed by atoms with E-state index in [1.54, 1.807) is 25.9 Å². The van der Waals surface area contributed by atoms with Gasteiger partial charge in [0.2, 0.25) is 5.88 Å². The fraction of sp³-hybridized carbons (Fsp3) is 0.316. The van der Waals surface area contributed by atoms with E-state index in [2.05, 4.69) is 5.32 Å². The van der Waals surface area contributed by atoms with Gasteiger partial charge in [0, 0.05) is 25.7 Å². The number of nitro benzene ring substituents is 1. The lowest BCUT2D eigenvalue weighted by Crippen LogP contribution is -2.17. The van der Waals surface area contributed by atoms with Crippen molar-refractivity contribution in [2.75, 3.05) is 30.9 Å². The minimum Gasteiger partial charge on any atom is -0.462 e. The number of ketones is 1. The molecule has 0 fully saturated rings. The van der Waals surface area contributed by atoms with E-state index in [0.29, 0.717) is 5.69 Å². The molecule has 1 aromatic heterocycles. The molecule has 2 rings (SSSR count). The summed E-state index contributed by atoms with van der Waals surface area (Å²) in [6, 6.07) is 3.97. The number of hydrogen-bond acceptors (Lipinski definition) is 8. The van der Waals surface area contributed by atoms with Crippen molar-refractivity contribution in [3.05, 3.63) is 50.8 Å². The van der Waals surface area contributed by atoms with Gasteiger partial charge in [0.05, 0.1) is 17.1 Å². The van der Waals surface area contributed by atoms with Crippen LogP contribution in [0.15, 0.2) is 22.6 Å². The lowest BCUT2D eigenvalue weighted by atomic mass is 10.1. The number of amides is 1. The number of hydrogen-bond donors (Lipinski definition) is 1. The first-order valence-electron chi connectivity index (χ1n) is 8.67. The van der Waals surface area contributed by atoms with Crippen molar-refractivity contribution in [2.45, 2.75) is 20.8 Å². The van der Waals surface area contributed by atoms with Gasteiger partial charge in [-0.3, -0.25) is 25.0 Å². The molecule has 1 N–H and O–H groups in total. The summed E-state index contributed by atoms with van der Waals surface area (Å²) in [6.45, 7) is 4.40. The Morgan fingerprint density at radius 2 is 1.90 bits per heavy atom. The molecule has 0 radical (unpaired) electrons. The number of aryl methyl sites for hydroxylation is 1. The van der Waals surface area contributed by atoms with Gasteiger partial charge in [0.15, 0.2) is 5.78 Å². The number of ether oxygens (including phenoxy) is 1. The zero-order valence-electron chi connectivity index (χ0n) is 16.7. The lowest BCUT2D eigenvalue weighted by Gasteiger charge is -2.13. The molecule has 0 saturated heterocycles. The van der Waals surface area contributed by atoms with Crippen LogP contribution < -0.4 is 10.2 Å². The Kier molecular flexibility index (Phi) is 6.37. The normalized spacial score (nSPS) is 10.4. The number of Topliss-reactive ketones (excluding diaryl/α,β-unsaturated/α-hetero) is 1. The van der Waals surface area contributed by atoms with Crippen molar-refractivity contribution in [1.82, 2.24) is 0 Å². The number of anilines is 2. The second kappa shape index (κ2) is 8.55. The highest BCUT2D eigenvalue weighted by atomic mass is 16.6. The zero-order valence-corrected chi connectivity index (χ0v) is 16.7. The topological polar surface area (TPSA) is 132 Å². The van der Waals surface area contributed by atoms with Crippen molar-refractivity contribution in [3.63, 3.8) is 0 Å². The fourth-order valence-corrected chi connectivity index (χ4v) is 2.82. The van der Waals surface area contributed by atoms with Crippen LogP contribution in [-0.2, 0) is 4.74 Å². The fourth-order valence-electron chi connectivity index (χ4n) is 2.82. The summed E-state index contributed by atoms with van der Waals surface area (Å²) in [7, 11) is 3.28. The van der Waals surface area contributed by atoms with Crippen LogP contribution in [0.1, 0.15) is 50.7 Å². The number of carbonyl (C=O) groups is 3. The SMILES string of the molecule is CCOC(=O)c1c(NC(=O)c2ccc(N(C)C)c([N+](=O)[O-])c2)oc(C)c1C(C)=O. The van der Waals surface area contributed by atoms with Crippen molar-refractivity contribution >= 4 is 34.9 Å². The van der Waals surface area contributed by atoms with Crippen LogP contribution >= 0.6 is 0 Å². The van der Waals surface area contributed by atoms with Crippen LogP contribution in [0.25, 0.3) is 0 Å². The number of nitro groups is 1. The zero-order chi connectivity index (χ0) is 21.9. The molecule has 0 aliphatic rings. The molecule has 0 atom stereocenters. The Balaban J connectivity index is 2.47. The summed E-state index contributed by atoms with van der Waals surface area (Å²) in [4.78, 5) is 49.2. The first-order valence-corrected chi connectivity index (χ1v) is 8.67. The van der Waals surface area contributed by atoms with E-state index in [1.165, 1.54) is 26.0 Å². The summed E-state index contributed by atoms with van der Waals surface area (Å²) in [6.07, 6.45) is 0. The molecule has 10 nitrogen and oxygen atoms in total. The number of esters is 1. The quantitative estimate of drug-likeness (QED) is 0.323. The Morgan fingerprint density at radius 3 is 2.41 bits per heavy atom. The molecule has 154 valence electrons. The molecule has 29 heavy (non-hydrogen) atoms. The summed E-state index contributed by atoms with van der Waals surface area (Å²) >= 11 is 0. The average molecular weight is 403 g/mol. The van der Waals surface area contributed by atoms with Gasteiger partial charge in [0.1, 0.15) is 17.0 Å². The van der Waals surface area contributed by atoms with E-state index in [-0.39, 0.29) is 40.6 Å². The van der Waals surface area contributed by atoms with Crippen LogP contribution in [0.5, 0.6) is 0 Å². The second-order valence-electron chi connectivity index (χ2n) is 6.32. The third-order valence-electron chi connectivity index (χ3n) is 4.06. The molecule has 0 spiro atoms. The maximum Gasteiger partial charge on any atom is 0.344 e. The number of rotatable bonds is 7. The number of nitrogens with one attached hydrogen (secondary N) is 1. The standard InChI is InChI=1S/C19H21N3O7/c1-6-28-19(25)16-15(10(2)23)11(3)29-18(16)20-17(24)12-7-8-13(21(4)5)14(9-12)22(26)27/h7-9H,6H2,1-5H3,(H,20,24). The van der Waals surface area contributed by atoms with E-state index < -0.39 is 22.6 Å². The summed E-state index contributed by atoms with van der Waals surface area (Å²) in [5.41, 5.74) is -0.132. The minimum atomic E-state index is -0.821. The first-order chi connectivity index (χ1) is 13.6. The van der Waals surface area contributed by atoms with Crippen molar-refractivity contribution in [2.24, 2.45) is 0 Å². The predicted octanol–water partition coefficient (Wildman–Crippen LogP) is 3.19. The van der Waals surface area contributed by atoms with Gasteiger partial charge in [-0.25, -0.2) is 4.79 Å². The van der Waals surface area contributed by atoms with E-state index in [1.807, 2.05) is 0 Å². The van der Waals surface area contributed by atoms with Crippen LogP contribution in [0.2, 0.25) is 0 Å². The van der Waals surface area contributed by atoms with Gasteiger partial charge >= 0.3 is 5.97 Å². The van der Waals surface area contributed by atoms with Gasteiger partial charge in [-0.05, 0) is 32.9 Å². The number of benzene rings is 1. The van der Waals surface area contributed by atoms with Gasteiger partial charge in [-0.2, -0.15) is 0 Å². The molecule has 0 bridgehead atoms. The molecular formula is C19H21N3O7. The molecular weight excluding hydrogens is 382 g/mol. The van der Waals surface area contributed by atoms with Crippen molar-refractivity contribution < 1.29 is 28.5 Å². The molecule has 0 unspecified atom stereocenters. The molecule has 0 saturated carbocycles. The summed E-state index contributed by atoms with van der Waals surface area (Å²) in [5.74, 6) is -2.10. The monoisotopic (exact) mass is 403 g/mol. The molecule has 10 heteroatoms. The second-order valence-corrected chi connectivity index (χ2v) is 6.32. The van der Waals surface area contributed by atoms with Crippen LogP contribution in [0.3, 0.4) is 0 Å². The molecule has 0 aliphatic carbocycles. The first kappa shape index (κ1) is 21.6. The van der Waals surface area contributed by atoms with Crippen LogP contribution in [-0.4, -0.2) is 43.3 Å². The third-order valence-corrected chi connectivity index (χ3v) is 4.06. The highest BCUT2D eigenvalue weighted by Crippen LogP contribution is 2.31. The molecule has 0 aliphatic heterocycles. The summed E-state index contributed by atoms with van der Waals surface area (Å²) in [5, 5.41) is 13.7. The summed E-state index contributed by atoms with van der Waals surface area (Å²) < 4.78 is 10.4. The highest BCUT2D eigenvalue weighted by Gasteiger charge is 2.29. The lowest BCUT2D eigenvalue weighted by molar-refractivity contribution is -0.384. The van der Waals surface area contributed by atoms with Crippen LogP contribution in [0.4, 0.5) is 17.3 Å². The number of carbonyl (C=O) groups excluding carboxylic acids is 3. The Bertz CT molecular complexity index is 992. The molecule has 2 aromatic rings. The van der Waals surface area contributed by atoms with Gasteiger partial charge in [-0.1, -0.05) is 0 Å². The van der Waals surface area contributed by atoms with E-state index >= 15 is 0 Å². The maximum absolute atomic E-state index is 12.6. The smallest absolute Gasteiger partial charge is 0.344 e. The largest absolute Gasteiger partial charge is 0.462 e. The average Bonchev–Trinajstić information content (AvgIpc) is 2.97. The highest BCUT2D eigenvalue weighted by molar-refractivity contribution is 6.12. The maximum atomic E-state index is 12.6. The van der Waals surface area contributed by atoms with E-state index in [4.69, 9.17) is 9.15 Å². The minimum absolute atomic E-state index is 0.00712. The molecule has 1 amide bonds. The Hall–Kier alpha value is -3.69. The van der Waals surface area contributed by atoms with Gasteiger partial charge in [-0.15, -0.1) is 0 Å². The van der Waals surface area contributed by atoms with Crippen LogP contribution in [0, 0.1) is 17.0 Å². The van der Waals surface area contributed by atoms with Gasteiger partial charge < -0.3 is 14.1 Å². The Labute approximate surface area is 166 Å². The number of furan rings is 1. The Morgan fingerprint density at radius 1 is 1.24 bits per heavy atom. The third kappa shape index (κ3) is 4.42. The molecule has 1 aromatic carbocycles. The van der Waals surface area contributed by atoms with Crippen molar-refractivity contribution in [1.29, 1.82) is 0 Å². The molecule has 1 heterocycles. The van der Waals surface area contributed by atoms with Crippen molar-refractivity contribution in [3.8, 4) is 0 Å². The van der Waals surface area contributed by atoms with E-state index in [9.17, 15) is 24.5 Å². The van der Waals surface area contributed by atoms with E-state index in [0.717, 1.165) is 6.07 Å². The predicted molar refractivity (Wildman–Crippen MR) is 105 cm³/mol. The number of nitrogens with zero attached hydrogens (tertiary/aromatic N) is 2.